The Morgan fingerprint density at radius 3 is 2.67 bits per heavy atom. The maximum Gasteiger partial charge on any atom is 0.248 e. The number of rotatable bonds is 5. The van der Waals surface area contributed by atoms with Gasteiger partial charge < -0.3 is 20.2 Å². The van der Waals surface area contributed by atoms with Crippen LogP contribution in [0, 0.1) is 30.1 Å². The van der Waals surface area contributed by atoms with Gasteiger partial charge in [0.15, 0.2) is 0 Å². The van der Waals surface area contributed by atoms with E-state index in [2.05, 4.69) is 11.4 Å². The van der Waals surface area contributed by atoms with Crippen molar-refractivity contribution < 1.29 is 24.7 Å². The van der Waals surface area contributed by atoms with Gasteiger partial charge in [0.2, 0.25) is 17.7 Å². The molecule has 0 spiro atoms. The third-order valence-corrected chi connectivity index (χ3v) is 7.53. The Hall–Kier alpha value is -3.26. The van der Waals surface area contributed by atoms with E-state index < -0.39 is 24.0 Å². The number of nitrogens with one attached hydrogen (secondary N) is 2. The highest BCUT2D eigenvalue weighted by Crippen LogP contribution is 2.29. The highest BCUT2D eigenvalue weighted by atomic mass is 16.5. The van der Waals surface area contributed by atoms with Gasteiger partial charge in [0.1, 0.15) is 0 Å². The Kier molecular flexibility index (Phi) is 8.04. The normalized spacial score (nSPS) is 26.2. The van der Waals surface area contributed by atoms with Crippen molar-refractivity contribution in [2.75, 3.05) is 32.7 Å². The summed E-state index contributed by atoms with van der Waals surface area (Å²) in [4.78, 5) is 41.8. The SMILES string of the molecule is Cc1cc(C#N)ccc1C1=CCN(C(=O)[C@H]2NC[C@@H](CC(=O)N3CC[C@@H](O)C3)C[C@@H]2C(=O)NO)CC1. The number of benzene rings is 1. The minimum atomic E-state index is -0.802. The number of amides is 3. The number of likely N-dealkylation sites (tertiary alicyclic amines) is 1. The first kappa shape index (κ1) is 25.8. The van der Waals surface area contributed by atoms with Crippen LogP contribution in [-0.2, 0) is 14.4 Å². The van der Waals surface area contributed by atoms with Crippen molar-refractivity contribution in [2.24, 2.45) is 11.8 Å². The van der Waals surface area contributed by atoms with Gasteiger partial charge >= 0.3 is 0 Å². The molecular weight excluding hydrogens is 462 g/mol. The van der Waals surface area contributed by atoms with Crippen LogP contribution >= 0.6 is 0 Å². The lowest BCUT2D eigenvalue weighted by Gasteiger charge is -2.38. The molecule has 36 heavy (non-hydrogen) atoms. The third kappa shape index (κ3) is 5.59. The third-order valence-electron chi connectivity index (χ3n) is 7.53. The monoisotopic (exact) mass is 495 g/mol. The lowest BCUT2D eigenvalue weighted by molar-refractivity contribution is -0.145. The van der Waals surface area contributed by atoms with E-state index in [1.165, 1.54) is 0 Å². The van der Waals surface area contributed by atoms with Gasteiger partial charge in [-0.05, 0) is 67.5 Å². The zero-order valence-corrected chi connectivity index (χ0v) is 20.4. The van der Waals surface area contributed by atoms with E-state index >= 15 is 0 Å². The molecule has 10 nitrogen and oxygen atoms in total. The van der Waals surface area contributed by atoms with Crippen molar-refractivity contribution in [1.82, 2.24) is 20.6 Å². The van der Waals surface area contributed by atoms with Gasteiger partial charge in [-0.1, -0.05) is 12.1 Å². The fourth-order valence-corrected chi connectivity index (χ4v) is 5.52. The lowest BCUT2D eigenvalue weighted by atomic mass is 9.81. The van der Waals surface area contributed by atoms with Gasteiger partial charge in [0, 0.05) is 32.6 Å². The van der Waals surface area contributed by atoms with Crippen LogP contribution in [-0.4, -0.2) is 82.7 Å². The molecule has 4 rings (SSSR count). The van der Waals surface area contributed by atoms with Crippen LogP contribution in [0.5, 0.6) is 0 Å². The van der Waals surface area contributed by atoms with E-state index in [1.54, 1.807) is 21.3 Å². The molecule has 4 atom stereocenters. The number of carbonyl (C=O) groups excluding carboxylic acids is 3. The van der Waals surface area contributed by atoms with Crippen LogP contribution in [0.3, 0.4) is 0 Å². The Labute approximate surface area is 210 Å². The first-order chi connectivity index (χ1) is 17.3. The largest absolute Gasteiger partial charge is 0.391 e. The molecule has 3 heterocycles. The quantitative estimate of drug-likeness (QED) is 0.345. The fourth-order valence-electron chi connectivity index (χ4n) is 5.52. The molecule has 1 aromatic rings. The van der Waals surface area contributed by atoms with Gasteiger partial charge in [0.05, 0.1) is 29.7 Å². The minimum Gasteiger partial charge on any atom is -0.391 e. The van der Waals surface area contributed by atoms with E-state index in [-0.39, 0.29) is 24.2 Å². The molecule has 3 aliphatic rings. The van der Waals surface area contributed by atoms with E-state index in [0.717, 1.165) is 16.7 Å². The summed E-state index contributed by atoms with van der Waals surface area (Å²) in [6, 6.07) is 6.93. The highest BCUT2D eigenvalue weighted by molar-refractivity contribution is 5.90. The number of piperidine rings is 1. The van der Waals surface area contributed by atoms with E-state index in [1.807, 2.05) is 25.1 Å². The fraction of sp³-hybridized carbons (Fsp3) is 0.538. The van der Waals surface area contributed by atoms with Crippen molar-refractivity contribution in [1.29, 1.82) is 5.26 Å². The zero-order chi connectivity index (χ0) is 25.8. The van der Waals surface area contributed by atoms with Crippen molar-refractivity contribution in [3.05, 3.63) is 41.0 Å². The van der Waals surface area contributed by atoms with Gasteiger partial charge in [-0.25, -0.2) is 5.48 Å². The predicted molar refractivity (Wildman–Crippen MR) is 130 cm³/mol. The number of hydrogen-bond acceptors (Lipinski definition) is 7. The molecule has 3 amide bonds. The number of aliphatic hydroxyl groups is 1. The predicted octanol–water partition coefficient (Wildman–Crippen LogP) is 0.565. The number of aryl methyl sites for hydroxylation is 1. The minimum absolute atomic E-state index is 0.0712. The summed E-state index contributed by atoms with van der Waals surface area (Å²) in [5.74, 6) is -1.88. The maximum absolute atomic E-state index is 13.4. The summed E-state index contributed by atoms with van der Waals surface area (Å²) < 4.78 is 0. The van der Waals surface area contributed by atoms with E-state index in [9.17, 15) is 24.7 Å². The molecule has 3 aliphatic heterocycles. The van der Waals surface area contributed by atoms with E-state index in [0.29, 0.717) is 57.5 Å². The number of β-amino-alcohol motifs (C(OH)–C–C–N with tert-alkyl or cyclic N) is 1. The van der Waals surface area contributed by atoms with Gasteiger partial charge in [-0.15, -0.1) is 0 Å². The molecule has 0 unspecified atom stereocenters. The average molecular weight is 496 g/mol. The molecule has 10 heteroatoms. The Morgan fingerprint density at radius 1 is 1.25 bits per heavy atom. The number of aliphatic hydroxyl groups excluding tert-OH is 1. The van der Waals surface area contributed by atoms with Crippen molar-refractivity contribution in [3.63, 3.8) is 0 Å². The average Bonchev–Trinajstić information content (AvgIpc) is 3.34. The molecule has 4 N–H and O–H groups in total. The topological polar surface area (TPSA) is 146 Å². The van der Waals surface area contributed by atoms with Crippen LogP contribution in [0.2, 0.25) is 0 Å². The Morgan fingerprint density at radius 2 is 2.06 bits per heavy atom. The summed E-state index contributed by atoms with van der Waals surface area (Å²) in [5, 5.41) is 31.3. The Balaban J connectivity index is 1.39. The number of hydrogen-bond donors (Lipinski definition) is 4. The smallest absolute Gasteiger partial charge is 0.248 e. The van der Waals surface area contributed by atoms with Gasteiger partial charge in [-0.2, -0.15) is 5.26 Å². The second kappa shape index (κ2) is 11.2. The molecule has 0 bridgehead atoms. The number of carbonyl (C=O) groups is 3. The first-order valence-electron chi connectivity index (χ1n) is 12.4. The second-order valence-corrected chi connectivity index (χ2v) is 9.96. The summed E-state index contributed by atoms with van der Waals surface area (Å²) in [6.45, 7) is 4.12. The second-order valence-electron chi connectivity index (χ2n) is 9.96. The van der Waals surface area contributed by atoms with E-state index in [4.69, 9.17) is 5.26 Å². The summed E-state index contributed by atoms with van der Waals surface area (Å²) in [5.41, 5.74) is 5.49. The molecule has 2 fully saturated rings. The summed E-state index contributed by atoms with van der Waals surface area (Å²) in [6.07, 6.45) is 3.25. The molecule has 0 aromatic heterocycles. The standard InChI is InChI=1S/C26H33N5O5/c1-16-10-17(13-27)2-3-21(16)19-4-7-30(8-5-19)26(35)24-22(25(34)29-36)11-18(14-28-24)12-23(33)31-9-6-20(32)15-31/h2-4,10,18,20,22,24,28,32,36H,5-9,11-12,14-15H2,1H3,(H,29,34)/t18-,20-,22+,24+/m1/s1. The number of nitriles is 1. The van der Waals surface area contributed by atoms with Gasteiger partial charge in [-0.3, -0.25) is 19.6 Å². The summed E-state index contributed by atoms with van der Waals surface area (Å²) >= 11 is 0. The summed E-state index contributed by atoms with van der Waals surface area (Å²) in [7, 11) is 0. The molecular formula is C26H33N5O5. The number of nitrogens with zero attached hydrogens (tertiary/aromatic N) is 3. The van der Waals surface area contributed by atoms with Crippen LogP contribution in [0.15, 0.2) is 24.3 Å². The Bertz CT molecular complexity index is 1100. The maximum atomic E-state index is 13.4. The van der Waals surface area contributed by atoms with Crippen molar-refractivity contribution >= 4 is 23.3 Å². The van der Waals surface area contributed by atoms with Crippen LogP contribution in [0.1, 0.15) is 42.4 Å². The highest BCUT2D eigenvalue weighted by Gasteiger charge is 2.42. The van der Waals surface area contributed by atoms with Crippen LogP contribution in [0.25, 0.3) is 5.57 Å². The lowest BCUT2D eigenvalue weighted by Crippen LogP contribution is -2.59. The van der Waals surface area contributed by atoms with Crippen molar-refractivity contribution in [2.45, 2.75) is 44.8 Å². The van der Waals surface area contributed by atoms with Gasteiger partial charge in [0.25, 0.3) is 0 Å². The molecule has 2 saturated heterocycles. The number of hydroxylamine groups is 1. The molecule has 192 valence electrons. The molecule has 1 aromatic carbocycles. The van der Waals surface area contributed by atoms with Crippen LogP contribution < -0.4 is 10.8 Å². The molecule has 0 radical (unpaired) electrons. The zero-order valence-electron chi connectivity index (χ0n) is 20.4. The molecule has 0 aliphatic carbocycles. The first-order valence-corrected chi connectivity index (χ1v) is 12.4. The van der Waals surface area contributed by atoms with Crippen molar-refractivity contribution in [3.8, 4) is 6.07 Å². The molecule has 0 saturated carbocycles. The van der Waals surface area contributed by atoms with Crippen LogP contribution in [0.4, 0.5) is 0 Å².